The van der Waals surface area contributed by atoms with Crippen molar-refractivity contribution in [2.24, 2.45) is 0 Å². The Kier molecular flexibility index (Phi) is 4.76. The van der Waals surface area contributed by atoms with Gasteiger partial charge in [-0.25, -0.2) is 0 Å². The van der Waals surface area contributed by atoms with Gasteiger partial charge in [0.25, 0.3) is 0 Å². The van der Waals surface area contributed by atoms with Crippen LogP contribution in [0.2, 0.25) is 0 Å². The smallest absolute Gasteiger partial charge is 0.237 e. The van der Waals surface area contributed by atoms with E-state index in [-0.39, 0.29) is 11.9 Å². The average Bonchev–Trinajstić information content (AvgIpc) is 3.16. The minimum Gasteiger partial charge on any atom is -0.351 e. The molecule has 1 atom stereocenters. The molecule has 1 aliphatic rings. The molecule has 1 aromatic heterocycles. The predicted molar refractivity (Wildman–Crippen MR) is 90.1 cm³/mol. The van der Waals surface area contributed by atoms with E-state index in [9.17, 15) is 4.79 Å². The molecule has 23 heavy (non-hydrogen) atoms. The largest absolute Gasteiger partial charge is 0.351 e. The van der Waals surface area contributed by atoms with E-state index in [1.807, 2.05) is 23.7 Å². The van der Waals surface area contributed by atoms with Gasteiger partial charge in [0.1, 0.15) is 0 Å². The van der Waals surface area contributed by atoms with E-state index in [4.69, 9.17) is 0 Å². The molecule has 1 aromatic carbocycles. The quantitative estimate of drug-likeness (QED) is 0.887. The highest BCUT2D eigenvalue weighted by atomic mass is 16.2. The number of aromatic nitrogens is 2. The molecule has 1 aliphatic heterocycles. The zero-order chi connectivity index (χ0) is 16.2. The molecule has 2 N–H and O–H groups in total. The standard InChI is InChI=1S/C18H24N4O/c1-13-9-14(2)22(21-13)12-16-6-3-5-15(10-16)11-20-18(23)17-7-4-8-19-17/h3,5-6,9-10,17,19H,4,7-8,11-12H2,1-2H3,(H,20,23)/t17-/m0/s1. The molecule has 0 spiro atoms. The van der Waals surface area contributed by atoms with Crippen LogP contribution < -0.4 is 10.6 Å². The zero-order valence-corrected chi connectivity index (χ0v) is 13.8. The number of carbonyl (C=O) groups is 1. The van der Waals surface area contributed by atoms with Gasteiger partial charge in [0.05, 0.1) is 18.3 Å². The predicted octanol–water partition coefficient (Wildman–Crippen LogP) is 1.92. The second kappa shape index (κ2) is 6.96. The first kappa shape index (κ1) is 15.7. The fourth-order valence-corrected chi connectivity index (χ4v) is 3.07. The first-order chi connectivity index (χ1) is 11.1. The number of rotatable bonds is 5. The maximum atomic E-state index is 12.1. The first-order valence-electron chi connectivity index (χ1n) is 8.22. The molecule has 0 aliphatic carbocycles. The molecule has 0 unspecified atom stereocenters. The van der Waals surface area contributed by atoms with Gasteiger partial charge in [-0.3, -0.25) is 9.48 Å². The summed E-state index contributed by atoms with van der Waals surface area (Å²) in [5.74, 6) is 0.103. The summed E-state index contributed by atoms with van der Waals surface area (Å²) < 4.78 is 2.01. The summed E-state index contributed by atoms with van der Waals surface area (Å²) >= 11 is 0. The normalized spacial score (nSPS) is 17.4. The Labute approximate surface area is 137 Å². The fourth-order valence-electron chi connectivity index (χ4n) is 3.07. The van der Waals surface area contributed by atoms with Crippen LogP contribution in [-0.4, -0.2) is 28.3 Å². The summed E-state index contributed by atoms with van der Waals surface area (Å²) in [5.41, 5.74) is 4.51. The van der Waals surface area contributed by atoms with Crippen molar-refractivity contribution in [1.29, 1.82) is 0 Å². The molecule has 2 aromatic rings. The van der Waals surface area contributed by atoms with E-state index in [2.05, 4.69) is 40.9 Å². The van der Waals surface area contributed by atoms with Crippen molar-refractivity contribution in [3.8, 4) is 0 Å². The Hall–Kier alpha value is -2.14. The van der Waals surface area contributed by atoms with Gasteiger partial charge in [0, 0.05) is 12.2 Å². The van der Waals surface area contributed by atoms with Crippen LogP contribution in [0.5, 0.6) is 0 Å². The van der Waals surface area contributed by atoms with Crippen LogP contribution in [0.3, 0.4) is 0 Å². The second-order valence-electron chi connectivity index (χ2n) is 6.27. The third-order valence-corrected chi connectivity index (χ3v) is 4.27. The molecule has 1 saturated heterocycles. The summed E-state index contributed by atoms with van der Waals surface area (Å²) in [6, 6.07) is 10.4. The van der Waals surface area contributed by atoms with E-state index in [1.54, 1.807) is 0 Å². The number of hydrogen-bond donors (Lipinski definition) is 2. The van der Waals surface area contributed by atoms with E-state index >= 15 is 0 Å². The van der Waals surface area contributed by atoms with Crippen molar-refractivity contribution in [2.75, 3.05) is 6.54 Å². The molecule has 3 rings (SSSR count). The zero-order valence-electron chi connectivity index (χ0n) is 13.8. The van der Waals surface area contributed by atoms with E-state index in [0.717, 1.165) is 42.9 Å². The van der Waals surface area contributed by atoms with E-state index in [1.165, 1.54) is 5.56 Å². The van der Waals surface area contributed by atoms with Gasteiger partial charge in [-0.15, -0.1) is 0 Å². The highest BCUT2D eigenvalue weighted by Gasteiger charge is 2.21. The molecule has 122 valence electrons. The number of aryl methyl sites for hydroxylation is 2. The van der Waals surface area contributed by atoms with Gasteiger partial charge in [-0.1, -0.05) is 24.3 Å². The van der Waals surface area contributed by atoms with Crippen molar-refractivity contribution in [3.63, 3.8) is 0 Å². The molecule has 5 heteroatoms. The lowest BCUT2D eigenvalue weighted by molar-refractivity contribution is -0.122. The monoisotopic (exact) mass is 312 g/mol. The number of hydrogen-bond acceptors (Lipinski definition) is 3. The van der Waals surface area contributed by atoms with Crippen LogP contribution in [-0.2, 0) is 17.9 Å². The molecule has 2 heterocycles. The molecular weight excluding hydrogens is 288 g/mol. The van der Waals surface area contributed by atoms with Gasteiger partial charge >= 0.3 is 0 Å². The number of nitrogens with one attached hydrogen (secondary N) is 2. The Morgan fingerprint density at radius 3 is 2.87 bits per heavy atom. The number of nitrogens with zero attached hydrogens (tertiary/aromatic N) is 2. The molecule has 1 fully saturated rings. The minimum absolute atomic E-state index is 0.0205. The molecule has 1 amide bonds. The number of carbonyl (C=O) groups excluding carboxylic acids is 1. The van der Waals surface area contributed by atoms with Crippen LogP contribution in [0.25, 0.3) is 0 Å². The van der Waals surface area contributed by atoms with Gasteiger partial charge in [0.2, 0.25) is 5.91 Å². The first-order valence-corrected chi connectivity index (χ1v) is 8.22. The van der Waals surface area contributed by atoms with Crippen LogP contribution in [0.1, 0.15) is 35.4 Å². The lowest BCUT2D eigenvalue weighted by Gasteiger charge is -2.12. The highest BCUT2D eigenvalue weighted by Crippen LogP contribution is 2.10. The van der Waals surface area contributed by atoms with Crippen LogP contribution in [0.15, 0.2) is 30.3 Å². The van der Waals surface area contributed by atoms with Crippen molar-refractivity contribution in [3.05, 3.63) is 52.8 Å². The summed E-state index contributed by atoms with van der Waals surface area (Å²) in [6.07, 6.45) is 2.01. The van der Waals surface area contributed by atoms with Gasteiger partial charge in [0.15, 0.2) is 0 Å². The Balaban J connectivity index is 1.60. The van der Waals surface area contributed by atoms with Crippen molar-refractivity contribution >= 4 is 5.91 Å². The second-order valence-corrected chi connectivity index (χ2v) is 6.27. The molecule has 0 saturated carbocycles. The lowest BCUT2D eigenvalue weighted by atomic mass is 10.1. The number of amides is 1. The van der Waals surface area contributed by atoms with Gasteiger partial charge in [-0.05, 0) is 50.4 Å². The molecule has 5 nitrogen and oxygen atoms in total. The van der Waals surface area contributed by atoms with Gasteiger partial charge < -0.3 is 10.6 Å². The highest BCUT2D eigenvalue weighted by molar-refractivity contribution is 5.81. The van der Waals surface area contributed by atoms with E-state index < -0.39 is 0 Å². The van der Waals surface area contributed by atoms with Crippen LogP contribution in [0.4, 0.5) is 0 Å². The lowest BCUT2D eigenvalue weighted by Crippen LogP contribution is -2.40. The van der Waals surface area contributed by atoms with Crippen molar-refractivity contribution in [2.45, 2.75) is 45.8 Å². The molecule has 0 bridgehead atoms. The minimum atomic E-state index is -0.0205. The van der Waals surface area contributed by atoms with E-state index in [0.29, 0.717) is 6.54 Å². The van der Waals surface area contributed by atoms with Crippen LogP contribution in [0, 0.1) is 13.8 Å². The third-order valence-electron chi connectivity index (χ3n) is 4.27. The number of benzene rings is 1. The Morgan fingerprint density at radius 2 is 2.17 bits per heavy atom. The van der Waals surface area contributed by atoms with Crippen molar-refractivity contribution < 1.29 is 4.79 Å². The van der Waals surface area contributed by atoms with Crippen molar-refractivity contribution in [1.82, 2.24) is 20.4 Å². The summed E-state index contributed by atoms with van der Waals surface area (Å²) in [4.78, 5) is 12.1. The van der Waals surface area contributed by atoms with Crippen LogP contribution >= 0.6 is 0 Å². The fraction of sp³-hybridized carbons (Fsp3) is 0.444. The van der Waals surface area contributed by atoms with Gasteiger partial charge in [-0.2, -0.15) is 5.10 Å². The maximum absolute atomic E-state index is 12.1. The third kappa shape index (κ3) is 3.99. The maximum Gasteiger partial charge on any atom is 0.237 e. The Bertz CT molecular complexity index is 686. The topological polar surface area (TPSA) is 59.0 Å². The average molecular weight is 312 g/mol. The summed E-state index contributed by atoms with van der Waals surface area (Å²) in [6.45, 7) is 6.34. The molecular formula is C18H24N4O. The Morgan fingerprint density at radius 1 is 1.35 bits per heavy atom. The SMILES string of the molecule is Cc1cc(C)n(Cc2cccc(CNC(=O)[C@@H]3CCCN3)c2)n1. The molecule has 0 radical (unpaired) electrons. The summed E-state index contributed by atoms with van der Waals surface area (Å²) in [5, 5.41) is 10.7. The summed E-state index contributed by atoms with van der Waals surface area (Å²) in [7, 11) is 0.